The van der Waals surface area contributed by atoms with Gasteiger partial charge in [0.2, 0.25) is 0 Å². The molecule has 3 aromatic rings. The Morgan fingerprint density at radius 1 is 1.04 bits per heavy atom. The van der Waals surface area contributed by atoms with Crippen LogP contribution in [0.2, 0.25) is 0 Å². The van der Waals surface area contributed by atoms with Crippen molar-refractivity contribution in [3.05, 3.63) is 82.6 Å². The van der Waals surface area contributed by atoms with Crippen LogP contribution in [0.5, 0.6) is 0 Å². The van der Waals surface area contributed by atoms with Crippen LogP contribution < -0.4 is 4.57 Å². The van der Waals surface area contributed by atoms with Crippen molar-refractivity contribution in [1.82, 2.24) is 9.97 Å². The summed E-state index contributed by atoms with van der Waals surface area (Å²) in [6, 6.07) is 10.6. The van der Waals surface area contributed by atoms with Crippen LogP contribution in [-0.4, -0.2) is 9.97 Å². The molecule has 0 unspecified atom stereocenters. The number of nitrogens with zero attached hydrogens (tertiary/aromatic N) is 3. The zero-order valence-corrected chi connectivity index (χ0v) is 15.2. The largest absolute Gasteiger partial charge is 0.287 e. The number of aryl methyl sites for hydroxylation is 3. The summed E-state index contributed by atoms with van der Waals surface area (Å²) in [6.07, 6.45) is 6.91. The summed E-state index contributed by atoms with van der Waals surface area (Å²) in [5, 5.41) is 0. The fraction of sp³-hybridized carbons (Fsp3) is 0.227. The highest BCUT2D eigenvalue weighted by atomic mass is 15.0. The van der Waals surface area contributed by atoms with Crippen molar-refractivity contribution in [2.75, 3.05) is 0 Å². The molecule has 0 radical (unpaired) electrons. The summed E-state index contributed by atoms with van der Waals surface area (Å²) in [6.45, 7) is 6.55. The van der Waals surface area contributed by atoms with Crippen molar-refractivity contribution < 1.29 is 4.57 Å². The van der Waals surface area contributed by atoms with E-state index in [-0.39, 0.29) is 0 Å². The van der Waals surface area contributed by atoms with E-state index in [1.165, 1.54) is 33.5 Å². The van der Waals surface area contributed by atoms with E-state index in [9.17, 15) is 0 Å². The Hall–Kier alpha value is -2.81. The first-order valence-electron chi connectivity index (χ1n) is 8.64. The molecule has 124 valence electrons. The third kappa shape index (κ3) is 2.56. The molecule has 1 aromatic carbocycles. The number of aromatic nitrogens is 3. The lowest BCUT2D eigenvalue weighted by molar-refractivity contribution is -0.663. The van der Waals surface area contributed by atoms with Gasteiger partial charge in [-0.25, -0.2) is 4.57 Å². The van der Waals surface area contributed by atoms with Gasteiger partial charge in [0.05, 0.1) is 18.3 Å². The topological polar surface area (TPSA) is 29.7 Å². The van der Waals surface area contributed by atoms with Gasteiger partial charge in [0.25, 0.3) is 6.33 Å². The van der Waals surface area contributed by atoms with Crippen molar-refractivity contribution >= 4 is 5.57 Å². The summed E-state index contributed by atoms with van der Waals surface area (Å²) < 4.78 is 2.15. The molecule has 3 heteroatoms. The highest BCUT2D eigenvalue weighted by Crippen LogP contribution is 2.36. The standard InChI is InChI=1S/C22H22N3/c1-14-11-15(2)16(3)19(12-14)22-18-9-8-17(20-7-5-6-10-23-20)21(18)24-13-25(22)4/h5-8,10-13H,9H2,1-4H3/q+1. The number of benzene rings is 1. The van der Waals surface area contributed by atoms with Crippen molar-refractivity contribution in [1.29, 1.82) is 0 Å². The van der Waals surface area contributed by atoms with Gasteiger partial charge in [-0.2, -0.15) is 0 Å². The van der Waals surface area contributed by atoms with E-state index in [1.54, 1.807) is 0 Å². The SMILES string of the molecule is Cc1cc(C)c(C)c(-c2c3c(nc[n+]2C)C(c2ccccn2)=CC3)c1. The number of hydrogen-bond acceptors (Lipinski definition) is 2. The van der Waals surface area contributed by atoms with Crippen LogP contribution in [0, 0.1) is 20.8 Å². The molecule has 0 aliphatic heterocycles. The van der Waals surface area contributed by atoms with Crippen LogP contribution >= 0.6 is 0 Å². The number of allylic oxidation sites excluding steroid dienone is 1. The van der Waals surface area contributed by atoms with E-state index >= 15 is 0 Å². The second kappa shape index (κ2) is 5.92. The van der Waals surface area contributed by atoms with E-state index in [4.69, 9.17) is 4.98 Å². The molecule has 0 spiro atoms. The first kappa shape index (κ1) is 15.7. The molecular weight excluding hydrogens is 306 g/mol. The molecule has 0 N–H and O–H groups in total. The predicted molar refractivity (Wildman–Crippen MR) is 100 cm³/mol. The lowest BCUT2D eigenvalue weighted by Gasteiger charge is -2.13. The molecule has 4 rings (SSSR count). The van der Waals surface area contributed by atoms with Crippen LogP contribution in [0.15, 0.2) is 48.9 Å². The van der Waals surface area contributed by atoms with Gasteiger partial charge in [0.15, 0.2) is 5.69 Å². The average molecular weight is 328 g/mol. The molecule has 0 bridgehead atoms. The molecule has 1 aliphatic rings. The number of pyridine rings is 1. The Morgan fingerprint density at radius 2 is 1.88 bits per heavy atom. The maximum atomic E-state index is 4.73. The lowest BCUT2D eigenvalue weighted by Crippen LogP contribution is -2.33. The zero-order valence-electron chi connectivity index (χ0n) is 15.2. The van der Waals surface area contributed by atoms with Gasteiger partial charge in [0.1, 0.15) is 5.69 Å². The predicted octanol–water partition coefficient (Wildman–Crippen LogP) is 3.88. The summed E-state index contributed by atoms with van der Waals surface area (Å²) in [7, 11) is 2.08. The second-order valence-corrected chi connectivity index (χ2v) is 6.82. The van der Waals surface area contributed by atoms with Gasteiger partial charge >= 0.3 is 0 Å². The van der Waals surface area contributed by atoms with Crippen molar-refractivity contribution in [2.45, 2.75) is 27.2 Å². The van der Waals surface area contributed by atoms with Gasteiger partial charge in [-0.3, -0.25) is 4.98 Å². The molecule has 0 saturated heterocycles. The zero-order chi connectivity index (χ0) is 17.6. The van der Waals surface area contributed by atoms with E-state index < -0.39 is 0 Å². The molecular formula is C22H22N3+. The Morgan fingerprint density at radius 3 is 2.64 bits per heavy atom. The van der Waals surface area contributed by atoms with Crippen LogP contribution in [-0.2, 0) is 13.5 Å². The van der Waals surface area contributed by atoms with Crippen LogP contribution in [0.1, 0.15) is 33.6 Å². The highest BCUT2D eigenvalue weighted by Gasteiger charge is 2.29. The normalized spacial score (nSPS) is 12.9. The number of rotatable bonds is 2. The minimum absolute atomic E-state index is 0.894. The van der Waals surface area contributed by atoms with Gasteiger partial charge in [-0.15, -0.1) is 0 Å². The van der Waals surface area contributed by atoms with E-state index in [2.05, 4.69) is 61.6 Å². The second-order valence-electron chi connectivity index (χ2n) is 6.82. The monoisotopic (exact) mass is 328 g/mol. The van der Waals surface area contributed by atoms with Crippen LogP contribution in [0.3, 0.4) is 0 Å². The Balaban J connectivity index is 1.93. The molecule has 2 aromatic heterocycles. The maximum Gasteiger partial charge on any atom is 0.287 e. The molecule has 2 heterocycles. The van der Waals surface area contributed by atoms with Crippen molar-refractivity contribution in [3.8, 4) is 11.3 Å². The Bertz CT molecular complexity index is 1000. The van der Waals surface area contributed by atoms with Gasteiger partial charge in [0, 0.05) is 23.8 Å². The molecule has 0 atom stereocenters. The summed E-state index contributed by atoms with van der Waals surface area (Å²) >= 11 is 0. The van der Waals surface area contributed by atoms with Gasteiger partial charge < -0.3 is 0 Å². The first-order chi connectivity index (χ1) is 12.1. The fourth-order valence-corrected chi connectivity index (χ4v) is 3.72. The van der Waals surface area contributed by atoms with Crippen LogP contribution in [0.4, 0.5) is 0 Å². The Kier molecular flexibility index (Phi) is 3.72. The van der Waals surface area contributed by atoms with Crippen molar-refractivity contribution in [2.24, 2.45) is 7.05 Å². The minimum atomic E-state index is 0.894. The minimum Gasteiger partial charge on any atom is -0.256 e. The average Bonchev–Trinajstić information content (AvgIpc) is 3.03. The summed E-state index contributed by atoms with van der Waals surface area (Å²) in [4.78, 5) is 9.25. The van der Waals surface area contributed by atoms with Crippen molar-refractivity contribution in [3.63, 3.8) is 0 Å². The quantitative estimate of drug-likeness (QED) is 0.668. The number of hydrogen-bond donors (Lipinski definition) is 0. The number of fused-ring (bicyclic) bond motifs is 1. The molecule has 0 amide bonds. The molecule has 0 saturated carbocycles. The van der Waals surface area contributed by atoms with E-state index in [0.717, 1.165) is 23.4 Å². The Labute approximate surface area is 148 Å². The molecule has 25 heavy (non-hydrogen) atoms. The summed E-state index contributed by atoms with van der Waals surface area (Å²) in [5.74, 6) is 0. The molecule has 1 aliphatic carbocycles. The fourth-order valence-electron chi connectivity index (χ4n) is 3.72. The first-order valence-corrected chi connectivity index (χ1v) is 8.64. The molecule has 0 fully saturated rings. The third-order valence-electron chi connectivity index (χ3n) is 5.06. The maximum absolute atomic E-state index is 4.73. The lowest BCUT2D eigenvalue weighted by atomic mass is 9.94. The van der Waals surface area contributed by atoms with Gasteiger partial charge in [-0.1, -0.05) is 23.8 Å². The molecule has 3 nitrogen and oxygen atoms in total. The smallest absolute Gasteiger partial charge is 0.256 e. The van der Waals surface area contributed by atoms with Gasteiger partial charge in [-0.05, 0) is 55.1 Å². The third-order valence-corrected chi connectivity index (χ3v) is 5.06. The van der Waals surface area contributed by atoms with E-state index in [1.807, 2.05) is 24.7 Å². The van der Waals surface area contributed by atoms with Crippen LogP contribution in [0.25, 0.3) is 16.8 Å². The summed E-state index contributed by atoms with van der Waals surface area (Å²) in [5.41, 5.74) is 11.0. The highest BCUT2D eigenvalue weighted by molar-refractivity contribution is 5.84. The van der Waals surface area contributed by atoms with E-state index in [0.29, 0.717) is 0 Å².